The Kier molecular flexibility index (Phi) is 3.79. The number of carbonyl (C=O) groups excluding carboxylic acids is 1. The third-order valence-corrected chi connectivity index (χ3v) is 4.02. The number of anilines is 1. The summed E-state index contributed by atoms with van der Waals surface area (Å²) < 4.78 is 26.4. The normalized spacial score (nSPS) is 15.2. The molecule has 2 amide bonds. The largest absolute Gasteiger partial charge is 0.337 e. The molecule has 22 heavy (non-hydrogen) atoms. The second-order valence-electron chi connectivity index (χ2n) is 5.57. The van der Waals surface area contributed by atoms with Crippen molar-refractivity contribution in [3.05, 3.63) is 65.7 Å². The minimum absolute atomic E-state index is 0.125. The highest BCUT2D eigenvalue weighted by molar-refractivity contribution is 5.89. The lowest BCUT2D eigenvalue weighted by molar-refractivity contribution is 0.251. The number of hydrogen-bond acceptors (Lipinski definition) is 1. The van der Waals surface area contributed by atoms with E-state index >= 15 is 0 Å². The van der Waals surface area contributed by atoms with Crippen molar-refractivity contribution < 1.29 is 13.6 Å². The molecule has 3 nitrogen and oxygen atoms in total. The van der Waals surface area contributed by atoms with Gasteiger partial charge in [-0.05, 0) is 42.7 Å². The Morgan fingerprint density at radius 1 is 1.05 bits per heavy atom. The van der Waals surface area contributed by atoms with Gasteiger partial charge in [0.25, 0.3) is 0 Å². The Balaban J connectivity index is 1.59. The smallest absolute Gasteiger partial charge is 0.319 e. The standard InChI is InChI=1S/C17H16F2N2O/c18-13-7-5-12(6-8-13)17(9-10-17)11-20-16(22)21-15-4-2-1-3-14(15)19/h1-8H,9-11H2,(H2,20,21,22). The molecule has 0 heterocycles. The molecule has 0 unspecified atom stereocenters. The number of urea groups is 1. The van der Waals surface area contributed by atoms with Crippen LogP contribution in [0.5, 0.6) is 0 Å². The van der Waals surface area contributed by atoms with E-state index in [1.807, 2.05) is 0 Å². The molecule has 1 aliphatic rings. The van der Waals surface area contributed by atoms with Crippen molar-refractivity contribution in [3.63, 3.8) is 0 Å². The van der Waals surface area contributed by atoms with E-state index in [1.54, 1.807) is 24.3 Å². The average molecular weight is 302 g/mol. The number of carbonyl (C=O) groups is 1. The monoisotopic (exact) mass is 302 g/mol. The van der Waals surface area contributed by atoms with Gasteiger partial charge in [0, 0.05) is 12.0 Å². The topological polar surface area (TPSA) is 41.1 Å². The van der Waals surface area contributed by atoms with Gasteiger partial charge in [-0.1, -0.05) is 24.3 Å². The Bertz CT molecular complexity index is 681. The van der Waals surface area contributed by atoms with Crippen molar-refractivity contribution in [1.82, 2.24) is 5.32 Å². The molecule has 2 aromatic rings. The van der Waals surface area contributed by atoms with E-state index in [0.29, 0.717) is 6.54 Å². The summed E-state index contributed by atoms with van der Waals surface area (Å²) in [6.45, 7) is 0.443. The maximum atomic E-state index is 13.5. The van der Waals surface area contributed by atoms with Crippen molar-refractivity contribution in [3.8, 4) is 0 Å². The number of nitrogens with one attached hydrogen (secondary N) is 2. The lowest BCUT2D eigenvalue weighted by Gasteiger charge is -2.17. The van der Waals surface area contributed by atoms with Gasteiger partial charge in [-0.25, -0.2) is 13.6 Å². The van der Waals surface area contributed by atoms with Crippen molar-refractivity contribution >= 4 is 11.7 Å². The molecule has 2 N–H and O–H groups in total. The van der Waals surface area contributed by atoms with Crippen LogP contribution in [-0.4, -0.2) is 12.6 Å². The Morgan fingerprint density at radius 2 is 1.73 bits per heavy atom. The van der Waals surface area contributed by atoms with Crippen molar-refractivity contribution in [2.75, 3.05) is 11.9 Å². The summed E-state index contributed by atoms with van der Waals surface area (Å²) >= 11 is 0. The highest BCUT2D eigenvalue weighted by atomic mass is 19.1. The molecule has 114 valence electrons. The first-order valence-electron chi connectivity index (χ1n) is 7.15. The summed E-state index contributed by atoms with van der Waals surface area (Å²) in [5.41, 5.74) is 1.03. The third-order valence-electron chi connectivity index (χ3n) is 4.02. The zero-order chi connectivity index (χ0) is 15.6. The van der Waals surface area contributed by atoms with Gasteiger partial charge in [-0.15, -0.1) is 0 Å². The van der Waals surface area contributed by atoms with Gasteiger partial charge >= 0.3 is 6.03 Å². The molecule has 3 rings (SSSR count). The van der Waals surface area contributed by atoms with Gasteiger partial charge in [0.1, 0.15) is 11.6 Å². The van der Waals surface area contributed by atoms with Crippen LogP contribution in [0, 0.1) is 11.6 Å². The van der Waals surface area contributed by atoms with Crippen molar-refractivity contribution in [1.29, 1.82) is 0 Å². The van der Waals surface area contributed by atoms with Crippen LogP contribution >= 0.6 is 0 Å². The van der Waals surface area contributed by atoms with E-state index in [-0.39, 0.29) is 16.9 Å². The van der Waals surface area contributed by atoms with Crippen LogP contribution in [0.15, 0.2) is 48.5 Å². The Hall–Kier alpha value is -2.43. The molecular weight excluding hydrogens is 286 g/mol. The number of benzene rings is 2. The molecule has 0 bridgehead atoms. The van der Waals surface area contributed by atoms with Crippen LogP contribution in [-0.2, 0) is 5.41 Å². The lowest BCUT2D eigenvalue weighted by Crippen LogP contribution is -2.35. The fraction of sp³-hybridized carbons (Fsp3) is 0.235. The zero-order valence-electron chi connectivity index (χ0n) is 11.9. The Morgan fingerprint density at radius 3 is 2.36 bits per heavy atom. The van der Waals surface area contributed by atoms with Crippen LogP contribution in [0.4, 0.5) is 19.3 Å². The lowest BCUT2D eigenvalue weighted by atomic mass is 9.96. The van der Waals surface area contributed by atoms with Gasteiger partial charge < -0.3 is 10.6 Å². The van der Waals surface area contributed by atoms with E-state index in [9.17, 15) is 13.6 Å². The summed E-state index contributed by atoms with van der Waals surface area (Å²) in [7, 11) is 0. The summed E-state index contributed by atoms with van der Waals surface area (Å²) in [4.78, 5) is 11.9. The second-order valence-corrected chi connectivity index (χ2v) is 5.57. The molecule has 2 aromatic carbocycles. The highest BCUT2D eigenvalue weighted by Gasteiger charge is 2.44. The minimum Gasteiger partial charge on any atom is -0.337 e. The maximum Gasteiger partial charge on any atom is 0.319 e. The van der Waals surface area contributed by atoms with Crippen LogP contribution in [0.2, 0.25) is 0 Å². The van der Waals surface area contributed by atoms with E-state index < -0.39 is 11.8 Å². The number of amides is 2. The van der Waals surface area contributed by atoms with Crippen LogP contribution in [0.1, 0.15) is 18.4 Å². The van der Waals surface area contributed by atoms with E-state index in [4.69, 9.17) is 0 Å². The van der Waals surface area contributed by atoms with Crippen LogP contribution in [0.25, 0.3) is 0 Å². The highest BCUT2D eigenvalue weighted by Crippen LogP contribution is 2.47. The molecule has 0 radical (unpaired) electrons. The summed E-state index contributed by atoms with van der Waals surface area (Å²) in [6.07, 6.45) is 1.89. The zero-order valence-corrected chi connectivity index (χ0v) is 11.9. The molecule has 0 saturated heterocycles. The number of hydrogen-bond donors (Lipinski definition) is 2. The number of para-hydroxylation sites is 1. The first kappa shape index (κ1) is 14.5. The van der Waals surface area contributed by atoms with Crippen molar-refractivity contribution in [2.24, 2.45) is 0 Å². The Labute approximate surface area is 127 Å². The fourth-order valence-electron chi connectivity index (χ4n) is 2.50. The van der Waals surface area contributed by atoms with E-state index in [2.05, 4.69) is 10.6 Å². The van der Waals surface area contributed by atoms with Gasteiger partial charge in [0.05, 0.1) is 5.69 Å². The fourth-order valence-corrected chi connectivity index (χ4v) is 2.50. The molecule has 1 saturated carbocycles. The van der Waals surface area contributed by atoms with Gasteiger partial charge in [-0.3, -0.25) is 0 Å². The van der Waals surface area contributed by atoms with E-state index in [1.165, 1.54) is 24.3 Å². The summed E-state index contributed by atoms with van der Waals surface area (Å²) in [6, 6.07) is 11.9. The summed E-state index contributed by atoms with van der Waals surface area (Å²) in [5.74, 6) is -0.748. The van der Waals surface area contributed by atoms with Crippen LogP contribution < -0.4 is 10.6 Å². The third kappa shape index (κ3) is 3.08. The molecule has 0 aliphatic heterocycles. The predicted molar refractivity (Wildman–Crippen MR) is 80.7 cm³/mol. The number of halogens is 2. The van der Waals surface area contributed by atoms with Gasteiger partial charge in [-0.2, -0.15) is 0 Å². The molecule has 0 spiro atoms. The first-order chi connectivity index (χ1) is 10.6. The predicted octanol–water partition coefficient (Wildman–Crippen LogP) is 3.82. The quantitative estimate of drug-likeness (QED) is 0.885. The molecular formula is C17H16F2N2O. The van der Waals surface area contributed by atoms with Crippen LogP contribution in [0.3, 0.4) is 0 Å². The first-order valence-corrected chi connectivity index (χ1v) is 7.15. The van der Waals surface area contributed by atoms with Gasteiger partial charge in [0.15, 0.2) is 0 Å². The molecule has 0 aromatic heterocycles. The van der Waals surface area contributed by atoms with E-state index in [0.717, 1.165) is 18.4 Å². The maximum absolute atomic E-state index is 13.5. The second kappa shape index (κ2) is 5.75. The molecule has 0 atom stereocenters. The molecule has 1 fully saturated rings. The molecule has 1 aliphatic carbocycles. The summed E-state index contributed by atoms with van der Waals surface area (Å²) in [5, 5.41) is 5.25. The SMILES string of the molecule is O=C(NCC1(c2ccc(F)cc2)CC1)Nc1ccccc1F. The molecule has 5 heteroatoms. The average Bonchev–Trinajstić information content (AvgIpc) is 3.29. The van der Waals surface area contributed by atoms with Crippen molar-refractivity contribution in [2.45, 2.75) is 18.3 Å². The number of rotatable bonds is 4. The minimum atomic E-state index is -0.475. The van der Waals surface area contributed by atoms with Gasteiger partial charge in [0.2, 0.25) is 0 Å².